The topological polar surface area (TPSA) is 47.6 Å². The highest BCUT2D eigenvalue weighted by atomic mass is 16.5. The lowest BCUT2D eigenvalue weighted by Gasteiger charge is -2.14. The van der Waals surface area contributed by atoms with E-state index in [1.54, 1.807) is 0 Å². The highest BCUT2D eigenvalue weighted by Crippen LogP contribution is 2.11. The van der Waals surface area contributed by atoms with Crippen LogP contribution in [0.1, 0.15) is 18.9 Å². The molecule has 0 aliphatic rings. The zero-order valence-corrected chi connectivity index (χ0v) is 11.2. The van der Waals surface area contributed by atoms with E-state index in [4.69, 9.17) is 9.47 Å². The summed E-state index contributed by atoms with van der Waals surface area (Å²) in [5.41, 5.74) is 1.17. The molecule has 0 saturated heterocycles. The molecule has 100 valence electrons. The van der Waals surface area contributed by atoms with Gasteiger partial charge in [0.2, 0.25) is 0 Å². The summed E-state index contributed by atoms with van der Waals surface area (Å²) in [5.74, 6) is 0.621. The van der Waals surface area contributed by atoms with E-state index in [1.807, 2.05) is 38.1 Å². The Hall–Kier alpha value is -1.55. The molecule has 4 nitrogen and oxygen atoms in total. The Morgan fingerprint density at radius 1 is 1.44 bits per heavy atom. The first-order chi connectivity index (χ1) is 8.67. The van der Waals surface area contributed by atoms with E-state index >= 15 is 0 Å². The SMILES string of the molecule is CCC(NCCOc1cccc(C)c1)C(=O)OC. The maximum absolute atomic E-state index is 11.3. The number of ether oxygens (including phenoxy) is 2. The van der Waals surface area contributed by atoms with Crippen molar-refractivity contribution >= 4 is 5.97 Å². The maximum Gasteiger partial charge on any atom is 0.322 e. The van der Waals surface area contributed by atoms with Crippen LogP contribution in [0.15, 0.2) is 24.3 Å². The van der Waals surface area contributed by atoms with Crippen LogP contribution in [0.3, 0.4) is 0 Å². The third-order valence-corrected chi connectivity index (χ3v) is 2.65. The van der Waals surface area contributed by atoms with Crippen molar-refractivity contribution in [2.75, 3.05) is 20.3 Å². The summed E-state index contributed by atoms with van der Waals surface area (Å²) in [6, 6.07) is 7.63. The van der Waals surface area contributed by atoms with Crippen LogP contribution in [-0.4, -0.2) is 32.3 Å². The molecule has 4 heteroatoms. The normalized spacial score (nSPS) is 11.9. The van der Waals surface area contributed by atoms with E-state index in [9.17, 15) is 4.79 Å². The van der Waals surface area contributed by atoms with Gasteiger partial charge in [-0.2, -0.15) is 0 Å². The zero-order chi connectivity index (χ0) is 13.4. The number of carbonyl (C=O) groups excluding carboxylic acids is 1. The van der Waals surface area contributed by atoms with Gasteiger partial charge in [0.1, 0.15) is 18.4 Å². The molecular weight excluding hydrogens is 230 g/mol. The second-order valence-corrected chi connectivity index (χ2v) is 4.10. The fraction of sp³-hybridized carbons (Fsp3) is 0.500. The van der Waals surface area contributed by atoms with Gasteiger partial charge in [-0.25, -0.2) is 0 Å². The molecule has 18 heavy (non-hydrogen) atoms. The summed E-state index contributed by atoms with van der Waals surface area (Å²) in [6.45, 7) is 5.10. The number of aryl methyl sites for hydroxylation is 1. The monoisotopic (exact) mass is 251 g/mol. The minimum atomic E-state index is -0.254. The first-order valence-electron chi connectivity index (χ1n) is 6.18. The van der Waals surface area contributed by atoms with Crippen molar-refractivity contribution in [2.24, 2.45) is 0 Å². The standard InChI is InChI=1S/C14H21NO3/c1-4-13(14(16)17-3)15-8-9-18-12-7-5-6-11(2)10-12/h5-7,10,13,15H,4,8-9H2,1-3H3. The molecule has 0 radical (unpaired) electrons. The minimum absolute atomic E-state index is 0.229. The van der Waals surface area contributed by atoms with Gasteiger partial charge in [0.05, 0.1) is 7.11 Å². The van der Waals surface area contributed by atoms with Crippen molar-refractivity contribution in [3.8, 4) is 5.75 Å². The van der Waals surface area contributed by atoms with E-state index in [-0.39, 0.29) is 12.0 Å². The second kappa shape index (κ2) is 7.71. The van der Waals surface area contributed by atoms with E-state index in [1.165, 1.54) is 12.7 Å². The van der Waals surface area contributed by atoms with Crippen molar-refractivity contribution < 1.29 is 14.3 Å². The molecule has 0 aliphatic carbocycles. The number of benzene rings is 1. The molecule has 0 saturated carbocycles. The fourth-order valence-electron chi connectivity index (χ4n) is 1.64. The molecule has 1 aromatic carbocycles. The van der Waals surface area contributed by atoms with Crippen LogP contribution >= 0.6 is 0 Å². The first-order valence-corrected chi connectivity index (χ1v) is 6.18. The molecule has 0 amide bonds. The van der Waals surface area contributed by atoms with Crippen molar-refractivity contribution in [1.29, 1.82) is 0 Å². The average molecular weight is 251 g/mol. The van der Waals surface area contributed by atoms with Crippen LogP contribution in [0.4, 0.5) is 0 Å². The molecule has 1 aromatic rings. The Morgan fingerprint density at radius 3 is 2.83 bits per heavy atom. The zero-order valence-electron chi connectivity index (χ0n) is 11.2. The predicted molar refractivity (Wildman–Crippen MR) is 70.8 cm³/mol. The number of nitrogens with one attached hydrogen (secondary N) is 1. The fourth-order valence-corrected chi connectivity index (χ4v) is 1.64. The van der Waals surface area contributed by atoms with Gasteiger partial charge < -0.3 is 14.8 Å². The van der Waals surface area contributed by atoms with Crippen LogP contribution in [0.2, 0.25) is 0 Å². The highest BCUT2D eigenvalue weighted by Gasteiger charge is 2.15. The van der Waals surface area contributed by atoms with E-state index in [2.05, 4.69) is 5.32 Å². The maximum atomic E-state index is 11.3. The molecule has 1 N–H and O–H groups in total. The summed E-state index contributed by atoms with van der Waals surface area (Å²) in [6.07, 6.45) is 0.705. The molecule has 0 spiro atoms. The van der Waals surface area contributed by atoms with E-state index in [0.717, 1.165) is 5.75 Å². The van der Waals surface area contributed by atoms with Crippen LogP contribution in [0.25, 0.3) is 0 Å². The third-order valence-electron chi connectivity index (χ3n) is 2.65. The molecule has 1 rings (SSSR count). The lowest BCUT2D eigenvalue weighted by atomic mass is 10.2. The van der Waals surface area contributed by atoms with Crippen molar-refractivity contribution in [1.82, 2.24) is 5.32 Å². The highest BCUT2D eigenvalue weighted by molar-refractivity contribution is 5.75. The van der Waals surface area contributed by atoms with Crippen LogP contribution in [0.5, 0.6) is 5.75 Å². The van der Waals surface area contributed by atoms with E-state index < -0.39 is 0 Å². The Balaban J connectivity index is 2.27. The summed E-state index contributed by atoms with van der Waals surface area (Å²) in [7, 11) is 1.40. The molecule has 1 unspecified atom stereocenters. The van der Waals surface area contributed by atoms with Gasteiger partial charge in [-0.05, 0) is 31.0 Å². The van der Waals surface area contributed by atoms with Crippen LogP contribution in [-0.2, 0) is 9.53 Å². The molecule has 0 heterocycles. The van der Waals surface area contributed by atoms with Gasteiger partial charge in [-0.3, -0.25) is 4.79 Å². The Kier molecular flexibility index (Phi) is 6.22. The van der Waals surface area contributed by atoms with E-state index in [0.29, 0.717) is 19.6 Å². The predicted octanol–water partition coefficient (Wildman–Crippen LogP) is 1.92. The molecule has 0 aromatic heterocycles. The Morgan fingerprint density at radius 2 is 2.22 bits per heavy atom. The van der Waals surface area contributed by atoms with Gasteiger partial charge in [-0.1, -0.05) is 19.1 Å². The largest absolute Gasteiger partial charge is 0.492 e. The van der Waals surface area contributed by atoms with Gasteiger partial charge >= 0.3 is 5.97 Å². The number of hydrogen-bond donors (Lipinski definition) is 1. The summed E-state index contributed by atoms with van der Waals surface area (Å²) < 4.78 is 10.3. The molecule has 0 aliphatic heterocycles. The lowest BCUT2D eigenvalue weighted by molar-refractivity contribution is -0.143. The van der Waals surface area contributed by atoms with Crippen molar-refractivity contribution in [3.63, 3.8) is 0 Å². The smallest absolute Gasteiger partial charge is 0.322 e. The summed E-state index contributed by atoms with van der Waals surface area (Å²) in [4.78, 5) is 11.3. The quantitative estimate of drug-likeness (QED) is 0.594. The minimum Gasteiger partial charge on any atom is -0.492 e. The number of rotatable bonds is 7. The van der Waals surface area contributed by atoms with Crippen molar-refractivity contribution in [2.45, 2.75) is 26.3 Å². The number of carbonyl (C=O) groups is 1. The second-order valence-electron chi connectivity index (χ2n) is 4.10. The third kappa shape index (κ3) is 4.75. The van der Waals surface area contributed by atoms with Crippen LogP contribution in [0, 0.1) is 6.92 Å². The average Bonchev–Trinajstić information content (AvgIpc) is 2.38. The van der Waals surface area contributed by atoms with Gasteiger partial charge in [0.15, 0.2) is 0 Å². The number of esters is 1. The molecular formula is C14H21NO3. The van der Waals surface area contributed by atoms with Gasteiger partial charge in [-0.15, -0.1) is 0 Å². The molecule has 0 fully saturated rings. The molecule has 1 atom stereocenters. The summed E-state index contributed by atoms with van der Waals surface area (Å²) in [5, 5.41) is 3.11. The summed E-state index contributed by atoms with van der Waals surface area (Å²) >= 11 is 0. The van der Waals surface area contributed by atoms with Crippen LogP contribution < -0.4 is 10.1 Å². The van der Waals surface area contributed by atoms with Crippen molar-refractivity contribution in [3.05, 3.63) is 29.8 Å². The first kappa shape index (κ1) is 14.5. The van der Waals surface area contributed by atoms with Gasteiger partial charge in [0.25, 0.3) is 0 Å². The molecule has 0 bridgehead atoms. The number of methoxy groups -OCH3 is 1. The van der Waals surface area contributed by atoms with Gasteiger partial charge in [0, 0.05) is 6.54 Å². The number of hydrogen-bond acceptors (Lipinski definition) is 4. The lowest BCUT2D eigenvalue weighted by Crippen LogP contribution is -2.39. The Labute approximate surface area is 108 Å². The Bertz CT molecular complexity index is 379.